The topological polar surface area (TPSA) is 32.3 Å². The number of benzene rings is 1. The van der Waals surface area contributed by atoms with Gasteiger partial charge in [-0.3, -0.25) is 0 Å². The van der Waals surface area contributed by atoms with E-state index in [1.165, 1.54) is 23.2 Å². The molecular formula is C14H21NO. The molecule has 0 saturated heterocycles. The summed E-state index contributed by atoms with van der Waals surface area (Å²) in [5, 5.41) is 13.5. The molecule has 1 aromatic rings. The molecule has 2 nitrogen and oxygen atoms in total. The summed E-state index contributed by atoms with van der Waals surface area (Å²) in [6.45, 7) is 4.23. The van der Waals surface area contributed by atoms with Crippen molar-refractivity contribution in [3.8, 4) is 0 Å². The zero-order valence-electron chi connectivity index (χ0n) is 10.2. The highest BCUT2D eigenvalue weighted by Gasteiger charge is 2.23. The van der Waals surface area contributed by atoms with Gasteiger partial charge in [0.1, 0.15) is 0 Å². The van der Waals surface area contributed by atoms with Gasteiger partial charge in [-0.05, 0) is 37.8 Å². The first-order valence-electron chi connectivity index (χ1n) is 6.19. The molecule has 1 aliphatic carbocycles. The zero-order chi connectivity index (χ0) is 11.5. The Hall–Kier alpha value is -1.02. The summed E-state index contributed by atoms with van der Waals surface area (Å²) in [5.74, 6) is 0. The fraction of sp³-hybridized carbons (Fsp3) is 0.571. The molecule has 2 unspecified atom stereocenters. The average molecular weight is 219 g/mol. The largest absolute Gasteiger partial charge is 0.391 e. The molecule has 0 bridgehead atoms. The molecule has 0 amide bonds. The SMILES string of the molecule is Cc1cccc(C)c1NC1CCCCC1O. The fourth-order valence-electron chi connectivity index (χ4n) is 2.51. The maximum absolute atomic E-state index is 9.95. The van der Waals surface area contributed by atoms with Gasteiger partial charge in [0.05, 0.1) is 12.1 Å². The lowest BCUT2D eigenvalue weighted by Gasteiger charge is -2.30. The lowest BCUT2D eigenvalue weighted by molar-refractivity contribution is 0.116. The highest BCUT2D eigenvalue weighted by atomic mass is 16.3. The second kappa shape index (κ2) is 4.88. The maximum atomic E-state index is 9.95. The molecule has 1 fully saturated rings. The predicted molar refractivity (Wildman–Crippen MR) is 67.8 cm³/mol. The third kappa shape index (κ3) is 2.38. The Morgan fingerprint density at radius 3 is 2.38 bits per heavy atom. The van der Waals surface area contributed by atoms with Gasteiger partial charge in [-0.1, -0.05) is 31.0 Å². The molecule has 1 aliphatic rings. The molecule has 2 N–H and O–H groups in total. The van der Waals surface area contributed by atoms with Crippen LogP contribution in [0, 0.1) is 13.8 Å². The smallest absolute Gasteiger partial charge is 0.0741 e. The van der Waals surface area contributed by atoms with Crippen molar-refractivity contribution in [2.75, 3.05) is 5.32 Å². The van der Waals surface area contributed by atoms with E-state index in [1.807, 2.05) is 0 Å². The number of anilines is 1. The molecule has 1 aromatic carbocycles. The molecule has 2 heteroatoms. The van der Waals surface area contributed by atoms with Gasteiger partial charge in [-0.2, -0.15) is 0 Å². The summed E-state index contributed by atoms with van der Waals surface area (Å²) < 4.78 is 0. The van der Waals surface area contributed by atoms with Crippen LogP contribution in [-0.4, -0.2) is 17.3 Å². The van der Waals surface area contributed by atoms with Crippen LogP contribution in [0.25, 0.3) is 0 Å². The molecule has 2 rings (SSSR count). The first-order valence-corrected chi connectivity index (χ1v) is 6.19. The molecule has 2 atom stereocenters. The van der Waals surface area contributed by atoms with Crippen LogP contribution >= 0.6 is 0 Å². The Morgan fingerprint density at radius 1 is 1.12 bits per heavy atom. The molecule has 0 aromatic heterocycles. The highest BCUT2D eigenvalue weighted by molar-refractivity contribution is 5.57. The van der Waals surface area contributed by atoms with E-state index in [2.05, 4.69) is 37.4 Å². The van der Waals surface area contributed by atoms with Crippen LogP contribution in [0.1, 0.15) is 36.8 Å². The van der Waals surface area contributed by atoms with Crippen molar-refractivity contribution < 1.29 is 5.11 Å². The van der Waals surface area contributed by atoms with E-state index in [0.717, 1.165) is 19.3 Å². The standard InChI is InChI=1S/C14H21NO/c1-10-6-5-7-11(2)14(10)15-12-8-3-4-9-13(12)16/h5-7,12-13,15-16H,3-4,8-9H2,1-2H3. The van der Waals surface area contributed by atoms with Crippen LogP contribution in [0.2, 0.25) is 0 Å². The summed E-state index contributed by atoms with van der Waals surface area (Å²) in [6, 6.07) is 6.54. The van der Waals surface area contributed by atoms with Crippen molar-refractivity contribution in [1.82, 2.24) is 0 Å². The molecule has 0 heterocycles. The van der Waals surface area contributed by atoms with Crippen molar-refractivity contribution in [2.24, 2.45) is 0 Å². The van der Waals surface area contributed by atoms with Gasteiger partial charge in [0.15, 0.2) is 0 Å². The van der Waals surface area contributed by atoms with E-state index < -0.39 is 0 Å². The van der Waals surface area contributed by atoms with Crippen LogP contribution in [0.15, 0.2) is 18.2 Å². The fourth-order valence-corrected chi connectivity index (χ4v) is 2.51. The van der Waals surface area contributed by atoms with Gasteiger partial charge in [0.2, 0.25) is 0 Å². The third-order valence-corrected chi connectivity index (χ3v) is 3.54. The van der Waals surface area contributed by atoms with Gasteiger partial charge in [-0.15, -0.1) is 0 Å². The Balaban J connectivity index is 2.13. The van der Waals surface area contributed by atoms with Crippen LogP contribution in [0.3, 0.4) is 0 Å². The van der Waals surface area contributed by atoms with Crippen molar-refractivity contribution >= 4 is 5.69 Å². The predicted octanol–water partition coefficient (Wildman–Crippen LogP) is 3.02. The van der Waals surface area contributed by atoms with Crippen molar-refractivity contribution in [1.29, 1.82) is 0 Å². The normalized spacial score (nSPS) is 25.4. The molecule has 0 aliphatic heterocycles. The van der Waals surface area contributed by atoms with E-state index in [-0.39, 0.29) is 12.1 Å². The van der Waals surface area contributed by atoms with E-state index in [9.17, 15) is 5.11 Å². The number of hydrogen-bond donors (Lipinski definition) is 2. The van der Waals surface area contributed by atoms with E-state index >= 15 is 0 Å². The van der Waals surface area contributed by atoms with Gasteiger partial charge in [0, 0.05) is 5.69 Å². The maximum Gasteiger partial charge on any atom is 0.0741 e. The molecule has 16 heavy (non-hydrogen) atoms. The number of nitrogens with one attached hydrogen (secondary N) is 1. The van der Waals surface area contributed by atoms with Crippen LogP contribution < -0.4 is 5.32 Å². The number of para-hydroxylation sites is 1. The van der Waals surface area contributed by atoms with Crippen LogP contribution in [0.5, 0.6) is 0 Å². The molecule has 0 radical (unpaired) electrons. The number of hydrogen-bond acceptors (Lipinski definition) is 2. The Bertz CT molecular complexity index is 342. The average Bonchev–Trinajstić information content (AvgIpc) is 2.26. The van der Waals surface area contributed by atoms with Crippen molar-refractivity contribution in [2.45, 2.75) is 51.7 Å². The minimum atomic E-state index is -0.187. The summed E-state index contributed by atoms with van der Waals surface area (Å²) >= 11 is 0. The van der Waals surface area contributed by atoms with E-state index in [0.29, 0.717) is 0 Å². The summed E-state index contributed by atoms with van der Waals surface area (Å²) in [6.07, 6.45) is 4.20. The number of aliphatic hydroxyl groups excluding tert-OH is 1. The monoisotopic (exact) mass is 219 g/mol. The van der Waals surface area contributed by atoms with Gasteiger partial charge >= 0.3 is 0 Å². The Labute approximate surface area is 97.7 Å². The molecule has 1 saturated carbocycles. The van der Waals surface area contributed by atoms with Gasteiger partial charge < -0.3 is 10.4 Å². The number of aliphatic hydroxyl groups is 1. The van der Waals surface area contributed by atoms with E-state index in [4.69, 9.17) is 0 Å². The summed E-state index contributed by atoms with van der Waals surface area (Å²) in [5.41, 5.74) is 3.73. The molecular weight excluding hydrogens is 198 g/mol. The Morgan fingerprint density at radius 2 is 1.75 bits per heavy atom. The Kier molecular flexibility index (Phi) is 3.49. The molecule has 0 spiro atoms. The van der Waals surface area contributed by atoms with Gasteiger partial charge in [-0.25, -0.2) is 0 Å². The third-order valence-electron chi connectivity index (χ3n) is 3.54. The molecule has 88 valence electrons. The van der Waals surface area contributed by atoms with Gasteiger partial charge in [0.25, 0.3) is 0 Å². The summed E-state index contributed by atoms with van der Waals surface area (Å²) in [7, 11) is 0. The highest BCUT2D eigenvalue weighted by Crippen LogP contribution is 2.26. The lowest BCUT2D eigenvalue weighted by Crippen LogP contribution is -2.36. The first kappa shape index (κ1) is 11.5. The lowest BCUT2D eigenvalue weighted by atomic mass is 9.92. The zero-order valence-corrected chi connectivity index (χ0v) is 10.2. The second-order valence-corrected chi connectivity index (χ2v) is 4.87. The quantitative estimate of drug-likeness (QED) is 0.801. The first-order chi connectivity index (χ1) is 7.68. The summed E-state index contributed by atoms with van der Waals surface area (Å²) in [4.78, 5) is 0. The van der Waals surface area contributed by atoms with E-state index in [1.54, 1.807) is 0 Å². The second-order valence-electron chi connectivity index (χ2n) is 4.87. The minimum Gasteiger partial charge on any atom is -0.391 e. The minimum absolute atomic E-state index is 0.187. The van der Waals surface area contributed by atoms with Crippen LogP contribution in [0.4, 0.5) is 5.69 Å². The van der Waals surface area contributed by atoms with Crippen LogP contribution in [-0.2, 0) is 0 Å². The van der Waals surface area contributed by atoms with Crippen molar-refractivity contribution in [3.05, 3.63) is 29.3 Å². The number of aryl methyl sites for hydroxylation is 2. The number of rotatable bonds is 2. The van der Waals surface area contributed by atoms with Crippen molar-refractivity contribution in [3.63, 3.8) is 0 Å².